The molecule has 4 aromatic heterocycles. The van der Waals surface area contributed by atoms with Crippen molar-refractivity contribution in [1.29, 1.82) is 0 Å². The lowest BCUT2D eigenvalue weighted by Crippen LogP contribution is -2.08. The largest absolute Gasteiger partial charge is 0.478 e. The first-order chi connectivity index (χ1) is 15.8. The molecule has 0 atom stereocenters. The molecule has 8 heteroatoms. The minimum absolute atomic E-state index is 0.0184. The molecule has 0 spiro atoms. The van der Waals surface area contributed by atoms with Crippen LogP contribution in [0.5, 0.6) is 0 Å². The number of H-pyrrole nitrogens is 2. The van der Waals surface area contributed by atoms with Crippen LogP contribution in [0.3, 0.4) is 0 Å². The normalized spacial score (nSPS) is 12.4. The summed E-state index contributed by atoms with van der Waals surface area (Å²) < 4.78 is 11.2. The summed E-state index contributed by atoms with van der Waals surface area (Å²) in [4.78, 5) is 12.8. The molecule has 4 heterocycles. The summed E-state index contributed by atoms with van der Waals surface area (Å²) in [6, 6.07) is 7.04. The van der Waals surface area contributed by atoms with Gasteiger partial charge in [-0.15, -0.1) is 0 Å². The Morgan fingerprint density at radius 2 is 1.42 bits per heavy atom. The van der Waals surface area contributed by atoms with Crippen molar-refractivity contribution in [3.8, 4) is 22.9 Å². The highest BCUT2D eigenvalue weighted by Crippen LogP contribution is 2.42. The Kier molecular flexibility index (Phi) is 5.91. The molecule has 0 bridgehead atoms. The van der Waals surface area contributed by atoms with E-state index in [4.69, 9.17) is 8.83 Å². The standard InChI is InChI=1S/C25H26N4O4/c1-6-15(19-21(13(2)3)26-28-23(19)16-9-7-11-32-16)18(25(30)31)20-22(14(4)5)27-29-24(20)17-10-8-12-33-17/h6-14H,1H2,2-5H3,(H,26,28)(H,27,29)(H,30,31). The third-order valence-corrected chi connectivity index (χ3v) is 5.46. The maximum Gasteiger partial charge on any atom is 0.337 e. The Balaban J connectivity index is 2.11. The number of aliphatic carboxylic acids is 1. The van der Waals surface area contributed by atoms with Crippen LogP contribution >= 0.6 is 0 Å². The second-order valence-corrected chi connectivity index (χ2v) is 8.28. The molecule has 8 nitrogen and oxygen atoms in total. The Morgan fingerprint density at radius 1 is 0.939 bits per heavy atom. The highest BCUT2D eigenvalue weighted by atomic mass is 16.4. The number of carboxylic acid groups (broad SMARTS) is 1. The Morgan fingerprint density at radius 3 is 1.82 bits per heavy atom. The Labute approximate surface area is 191 Å². The topological polar surface area (TPSA) is 121 Å². The van der Waals surface area contributed by atoms with Crippen LogP contribution in [0.2, 0.25) is 0 Å². The number of nitrogens with one attached hydrogen (secondary N) is 2. The second kappa shape index (κ2) is 8.82. The van der Waals surface area contributed by atoms with E-state index in [0.29, 0.717) is 45.3 Å². The van der Waals surface area contributed by atoms with Crippen molar-refractivity contribution < 1.29 is 18.7 Å². The van der Waals surface area contributed by atoms with Gasteiger partial charge >= 0.3 is 5.97 Å². The number of hydrogen-bond donors (Lipinski definition) is 3. The molecule has 0 fully saturated rings. The van der Waals surface area contributed by atoms with Crippen molar-refractivity contribution in [3.05, 3.63) is 72.0 Å². The number of furan rings is 2. The van der Waals surface area contributed by atoms with Gasteiger partial charge in [0.1, 0.15) is 11.4 Å². The number of carbonyl (C=O) groups is 1. The summed E-state index contributed by atoms with van der Waals surface area (Å²) in [5.41, 5.74) is 3.99. The van der Waals surface area contributed by atoms with Gasteiger partial charge in [0.2, 0.25) is 0 Å². The fourth-order valence-electron chi connectivity index (χ4n) is 3.94. The van der Waals surface area contributed by atoms with Crippen LogP contribution in [0.4, 0.5) is 0 Å². The molecule has 0 aromatic carbocycles. The zero-order valence-corrected chi connectivity index (χ0v) is 19.0. The highest BCUT2D eigenvalue weighted by Gasteiger charge is 2.31. The molecule has 0 saturated carbocycles. The van der Waals surface area contributed by atoms with E-state index in [-0.39, 0.29) is 17.4 Å². The van der Waals surface area contributed by atoms with Gasteiger partial charge in [-0.05, 0) is 36.1 Å². The summed E-state index contributed by atoms with van der Waals surface area (Å²) in [6.07, 6.45) is 4.64. The van der Waals surface area contributed by atoms with E-state index in [1.165, 1.54) is 6.26 Å². The van der Waals surface area contributed by atoms with Crippen LogP contribution in [0.25, 0.3) is 34.1 Å². The van der Waals surface area contributed by atoms with E-state index in [0.717, 1.165) is 5.69 Å². The van der Waals surface area contributed by atoms with Crippen LogP contribution in [-0.4, -0.2) is 31.5 Å². The molecule has 3 N–H and O–H groups in total. The number of nitrogens with zero attached hydrogens (tertiary/aromatic N) is 2. The fraction of sp³-hybridized carbons (Fsp3) is 0.240. The lowest BCUT2D eigenvalue weighted by Gasteiger charge is -2.15. The van der Waals surface area contributed by atoms with E-state index < -0.39 is 5.97 Å². The van der Waals surface area contributed by atoms with Gasteiger partial charge in [0.05, 0.1) is 18.1 Å². The second-order valence-electron chi connectivity index (χ2n) is 8.28. The van der Waals surface area contributed by atoms with Gasteiger partial charge in [-0.2, -0.15) is 10.2 Å². The third kappa shape index (κ3) is 3.84. The molecule has 4 aromatic rings. The van der Waals surface area contributed by atoms with Crippen molar-refractivity contribution in [1.82, 2.24) is 20.4 Å². The van der Waals surface area contributed by atoms with Crippen molar-refractivity contribution in [2.75, 3.05) is 0 Å². The average Bonchev–Trinajstić information content (AvgIpc) is 3.56. The maximum atomic E-state index is 12.8. The summed E-state index contributed by atoms with van der Waals surface area (Å²) in [6.45, 7) is 11.9. The number of aromatic amines is 2. The zero-order valence-electron chi connectivity index (χ0n) is 19.0. The van der Waals surface area contributed by atoms with Gasteiger partial charge in [0.25, 0.3) is 0 Å². The van der Waals surface area contributed by atoms with Gasteiger partial charge in [-0.3, -0.25) is 10.2 Å². The molecule has 0 radical (unpaired) electrons. The van der Waals surface area contributed by atoms with E-state index in [2.05, 4.69) is 27.0 Å². The molecule has 0 saturated heterocycles. The maximum absolute atomic E-state index is 12.8. The number of rotatable bonds is 8. The highest BCUT2D eigenvalue weighted by molar-refractivity contribution is 6.27. The van der Waals surface area contributed by atoms with E-state index in [9.17, 15) is 9.90 Å². The molecule has 4 rings (SSSR count). The molecule has 0 aliphatic rings. The molecule has 0 aliphatic carbocycles. The minimum atomic E-state index is -1.11. The third-order valence-electron chi connectivity index (χ3n) is 5.46. The quantitative estimate of drug-likeness (QED) is 0.223. The number of carboxylic acids is 1. The summed E-state index contributed by atoms with van der Waals surface area (Å²) in [7, 11) is 0. The van der Waals surface area contributed by atoms with Gasteiger partial charge < -0.3 is 13.9 Å². The Hall–Kier alpha value is -4.07. The number of aromatic nitrogens is 4. The molecule has 170 valence electrons. The van der Waals surface area contributed by atoms with E-state index in [1.54, 1.807) is 36.6 Å². The molecular formula is C25H26N4O4. The monoisotopic (exact) mass is 446 g/mol. The summed E-state index contributed by atoms with van der Waals surface area (Å²) in [5, 5.41) is 25.5. The van der Waals surface area contributed by atoms with E-state index >= 15 is 0 Å². The lowest BCUT2D eigenvalue weighted by atomic mass is 9.87. The lowest BCUT2D eigenvalue weighted by molar-refractivity contribution is -0.130. The average molecular weight is 447 g/mol. The molecule has 0 amide bonds. The van der Waals surface area contributed by atoms with Crippen LogP contribution in [0.15, 0.2) is 58.3 Å². The summed E-state index contributed by atoms with van der Waals surface area (Å²) in [5.74, 6) is -0.0883. The fourth-order valence-corrected chi connectivity index (χ4v) is 3.94. The number of hydrogen-bond acceptors (Lipinski definition) is 5. The summed E-state index contributed by atoms with van der Waals surface area (Å²) >= 11 is 0. The van der Waals surface area contributed by atoms with Gasteiger partial charge in [0, 0.05) is 28.1 Å². The van der Waals surface area contributed by atoms with Crippen molar-refractivity contribution in [2.24, 2.45) is 0 Å². The number of allylic oxidation sites excluding steroid dienone is 2. The van der Waals surface area contributed by atoms with Crippen LogP contribution in [0.1, 0.15) is 62.0 Å². The predicted octanol–water partition coefficient (Wildman–Crippen LogP) is 6.08. The first-order valence-electron chi connectivity index (χ1n) is 10.7. The van der Waals surface area contributed by atoms with Crippen LogP contribution in [-0.2, 0) is 4.79 Å². The van der Waals surface area contributed by atoms with Crippen molar-refractivity contribution in [3.63, 3.8) is 0 Å². The first-order valence-corrected chi connectivity index (χ1v) is 10.7. The zero-order chi connectivity index (χ0) is 23.7. The van der Waals surface area contributed by atoms with Crippen molar-refractivity contribution >= 4 is 17.1 Å². The van der Waals surface area contributed by atoms with Gasteiger partial charge in [-0.1, -0.05) is 40.3 Å². The van der Waals surface area contributed by atoms with Crippen molar-refractivity contribution in [2.45, 2.75) is 39.5 Å². The van der Waals surface area contributed by atoms with Crippen LogP contribution < -0.4 is 0 Å². The Bertz CT molecular complexity index is 1300. The van der Waals surface area contributed by atoms with Crippen LogP contribution in [0, 0.1) is 0 Å². The van der Waals surface area contributed by atoms with E-state index in [1.807, 2.05) is 27.7 Å². The SMILES string of the molecule is C=CC(=C(C(=O)O)c1c(-c2ccco2)n[nH]c1C(C)C)c1c(-c2ccco2)n[nH]c1C(C)C. The molecule has 33 heavy (non-hydrogen) atoms. The smallest absolute Gasteiger partial charge is 0.337 e. The first kappa shape index (κ1) is 22.1. The van der Waals surface area contributed by atoms with Gasteiger partial charge in [0.15, 0.2) is 11.5 Å². The molecular weight excluding hydrogens is 420 g/mol. The van der Waals surface area contributed by atoms with Gasteiger partial charge in [-0.25, -0.2) is 4.79 Å². The predicted molar refractivity (Wildman–Crippen MR) is 125 cm³/mol. The molecule has 0 aliphatic heterocycles. The molecule has 0 unspecified atom stereocenters. The minimum Gasteiger partial charge on any atom is -0.478 e.